The van der Waals surface area contributed by atoms with Crippen LogP contribution < -0.4 is 5.73 Å². The van der Waals surface area contributed by atoms with Crippen molar-refractivity contribution in [1.82, 2.24) is 0 Å². The normalized spacial score (nSPS) is 25.8. The van der Waals surface area contributed by atoms with Gasteiger partial charge < -0.3 is 10.5 Å². The molecule has 1 fully saturated rings. The smallest absolute Gasteiger partial charge is 0.0736 e. The molecule has 2 atom stereocenters. The molecule has 2 nitrogen and oxygen atoms in total. The first-order valence-corrected chi connectivity index (χ1v) is 4.11. The van der Waals surface area contributed by atoms with Gasteiger partial charge in [0.1, 0.15) is 0 Å². The molecule has 0 aromatic carbocycles. The van der Waals surface area contributed by atoms with Gasteiger partial charge in [0, 0.05) is 19.1 Å². The molecule has 0 aromatic rings. The maximum absolute atomic E-state index is 5.84. The monoisotopic (exact) mass is 153 g/mol. The van der Waals surface area contributed by atoms with Gasteiger partial charge in [-0.15, -0.1) is 11.8 Å². The predicted molar refractivity (Wildman–Crippen MR) is 45.0 cm³/mol. The first-order valence-electron chi connectivity index (χ1n) is 4.11. The summed E-state index contributed by atoms with van der Waals surface area (Å²) in [5.74, 6) is 5.81. The third-order valence-electron chi connectivity index (χ3n) is 1.96. The second-order valence-electron chi connectivity index (χ2n) is 2.85. The van der Waals surface area contributed by atoms with Gasteiger partial charge in [0.15, 0.2) is 0 Å². The minimum atomic E-state index is 0.116. The van der Waals surface area contributed by atoms with Crippen molar-refractivity contribution in [3.05, 3.63) is 0 Å². The lowest BCUT2D eigenvalue weighted by Crippen LogP contribution is -2.33. The molecule has 2 unspecified atom stereocenters. The molecule has 0 aliphatic carbocycles. The van der Waals surface area contributed by atoms with Gasteiger partial charge in [-0.05, 0) is 19.8 Å². The van der Waals surface area contributed by atoms with Crippen LogP contribution in [0.15, 0.2) is 0 Å². The van der Waals surface area contributed by atoms with Crippen LogP contribution in [-0.4, -0.2) is 18.8 Å². The second kappa shape index (κ2) is 4.38. The van der Waals surface area contributed by atoms with Gasteiger partial charge in [-0.2, -0.15) is 0 Å². The fraction of sp³-hybridized carbons (Fsp3) is 0.778. The molecule has 62 valence electrons. The summed E-state index contributed by atoms with van der Waals surface area (Å²) in [5.41, 5.74) is 5.84. The van der Waals surface area contributed by atoms with E-state index in [-0.39, 0.29) is 12.1 Å². The lowest BCUT2D eigenvalue weighted by molar-refractivity contribution is 0.0913. The zero-order chi connectivity index (χ0) is 8.10. The van der Waals surface area contributed by atoms with E-state index in [9.17, 15) is 0 Å². The number of rotatable bonds is 2. The van der Waals surface area contributed by atoms with E-state index >= 15 is 0 Å². The third-order valence-corrected chi connectivity index (χ3v) is 1.96. The van der Waals surface area contributed by atoms with Crippen molar-refractivity contribution in [2.24, 2.45) is 5.73 Å². The Morgan fingerprint density at radius 1 is 1.73 bits per heavy atom. The fourth-order valence-electron chi connectivity index (χ4n) is 1.29. The Labute approximate surface area is 68.1 Å². The first kappa shape index (κ1) is 8.58. The van der Waals surface area contributed by atoms with Gasteiger partial charge in [0.2, 0.25) is 0 Å². The summed E-state index contributed by atoms with van der Waals surface area (Å²) < 4.78 is 5.42. The molecule has 1 heterocycles. The molecule has 2 N–H and O–H groups in total. The molecule has 0 bridgehead atoms. The minimum absolute atomic E-state index is 0.116. The molecule has 1 aliphatic rings. The third kappa shape index (κ3) is 2.53. The van der Waals surface area contributed by atoms with Crippen molar-refractivity contribution < 1.29 is 4.74 Å². The molecule has 0 spiro atoms. The van der Waals surface area contributed by atoms with Gasteiger partial charge in [-0.1, -0.05) is 0 Å². The van der Waals surface area contributed by atoms with E-state index < -0.39 is 0 Å². The maximum Gasteiger partial charge on any atom is 0.0736 e. The van der Waals surface area contributed by atoms with Gasteiger partial charge in [0.05, 0.1) is 6.10 Å². The fourth-order valence-corrected chi connectivity index (χ4v) is 1.29. The van der Waals surface area contributed by atoms with Crippen LogP contribution in [0.2, 0.25) is 0 Å². The Morgan fingerprint density at radius 3 is 3.09 bits per heavy atom. The van der Waals surface area contributed by atoms with E-state index in [1.54, 1.807) is 0 Å². The average molecular weight is 153 g/mol. The van der Waals surface area contributed by atoms with Gasteiger partial charge in [-0.3, -0.25) is 0 Å². The van der Waals surface area contributed by atoms with E-state index in [4.69, 9.17) is 10.5 Å². The Balaban J connectivity index is 2.26. The van der Waals surface area contributed by atoms with Crippen LogP contribution in [0.25, 0.3) is 0 Å². The van der Waals surface area contributed by atoms with Crippen LogP contribution in [0.1, 0.15) is 26.2 Å². The van der Waals surface area contributed by atoms with Crippen LogP contribution in [0, 0.1) is 11.8 Å². The molecule has 1 saturated heterocycles. The van der Waals surface area contributed by atoms with Crippen molar-refractivity contribution in [1.29, 1.82) is 0 Å². The SMILES string of the molecule is CC#CCC(N)C1CCCO1. The topological polar surface area (TPSA) is 35.2 Å². The number of nitrogens with two attached hydrogens (primary N) is 1. The maximum atomic E-state index is 5.84. The summed E-state index contributed by atoms with van der Waals surface area (Å²) in [6.07, 6.45) is 3.28. The van der Waals surface area contributed by atoms with Crippen LogP contribution >= 0.6 is 0 Å². The van der Waals surface area contributed by atoms with Gasteiger partial charge >= 0.3 is 0 Å². The Kier molecular flexibility index (Phi) is 3.41. The summed E-state index contributed by atoms with van der Waals surface area (Å²) in [4.78, 5) is 0. The van der Waals surface area contributed by atoms with E-state index in [1.165, 1.54) is 0 Å². The molecule has 0 saturated carbocycles. The van der Waals surface area contributed by atoms with E-state index in [0.29, 0.717) is 0 Å². The average Bonchev–Trinajstić information content (AvgIpc) is 2.52. The second-order valence-corrected chi connectivity index (χ2v) is 2.85. The van der Waals surface area contributed by atoms with Gasteiger partial charge in [-0.25, -0.2) is 0 Å². The summed E-state index contributed by atoms with van der Waals surface area (Å²) in [6.45, 7) is 2.71. The Morgan fingerprint density at radius 2 is 2.55 bits per heavy atom. The Hall–Kier alpha value is -0.520. The van der Waals surface area contributed by atoms with Crippen LogP contribution in [0.4, 0.5) is 0 Å². The lowest BCUT2D eigenvalue weighted by Gasteiger charge is -2.15. The molecule has 1 rings (SSSR count). The molecule has 1 aliphatic heterocycles. The molecule has 0 amide bonds. The van der Waals surface area contributed by atoms with Crippen molar-refractivity contribution >= 4 is 0 Å². The van der Waals surface area contributed by atoms with Crippen molar-refractivity contribution in [2.75, 3.05) is 6.61 Å². The molecular weight excluding hydrogens is 138 g/mol. The molecule has 11 heavy (non-hydrogen) atoms. The quantitative estimate of drug-likeness (QED) is 0.598. The highest BCUT2D eigenvalue weighted by Gasteiger charge is 2.21. The van der Waals surface area contributed by atoms with E-state index in [1.807, 2.05) is 6.92 Å². The number of hydrogen-bond acceptors (Lipinski definition) is 2. The molecular formula is C9H15NO. The Bertz CT molecular complexity index is 162. The summed E-state index contributed by atoms with van der Waals surface area (Å²) in [5, 5.41) is 0. The summed E-state index contributed by atoms with van der Waals surface area (Å²) in [7, 11) is 0. The van der Waals surface area contributed by atoms with E-state index in [2.05, 4.69) is 11.8 Å². The zero-order valence-corrected chi connectivity index (χ0v) is 6.97. The summed E-state index contributed by atoms with van der Waals surface area (Å²) >= 11 is 0. The predicted octanol–water partition coefficient (Wildman–Crippen LogP) is 0.906. The number of ether oxygens (including phenoxy) is 1. The zero-order valence-electron chi connectivity index (χ0n) is 6.97. The molecule has 2 heteroatoms. The largest absolute Gasteiger partial charge is 0.377 e. The highest BCUT2D eigenvalue weighted by atomic mass is 16.5. The minimum Gasteiger partial charge on any atom is -0.377 e. The van der Waals surface area contributed by atoms with Gasteiger partial charge in [0.25, 0.3) is 0 Å². The van der Waals surface area contributed by atoms with Crippen LogP contribution in [0.5, 0.6) is 0 Å². The van der Waals surface area contributed by atoms with Crippen LogP contribution in [0.3, 0.4) is 0 Å². The number of hydrogen-bond donors (Lipinski definition) is 1. The van der Waals surface area contributed by atoms with E-state index in [0.717, 1.165) is 25.9 Å². The standard InChI is InChI=1S/C9H15NO/c1-2-3-5-8(10)9-6-4-7-11-9/h8-9H,4-7,10H2,1H3. The highest BCUT2D eigenvalue weighted by Crippen LogP contribution is 2.15. The molecule has 0 radical (unpaired) electrons. The van der Waals surface area contributed by atoms with Crippen molar-refractivity contribution in [3.63, 3.8) is 0 Å². The highest BCUT2D eigenvalue weighted by molar-refractivity contribution is 4.99. The summed E-state index contributed by atoms with van der Waals surface area (Å²) in [6, 6.07) is 0.116. The molecule has 0 aromatic heterocycles. The van der Waals surface area contributed by atoms with Crippen molar-refractivity contribution in [2.45, 2.75) is 38.3 Å². The van der Waals surface area contributed by atoms with Crippen molar-refractivity contribution in [3.8, 4) is 11.8 Å². The van der Waals surface area contributed by atoms with Crippen LogP contribution in [-0.2, 0) is 4.74 Å². The lowest BCUT2D eigenvalue weighted by atomic mass is 10.1. The first-order chi connectivity index (χ1) is 5.34.